The van der Waals surface area contributed by atoms with Crippen LogP contribution in [0.5, 0.6) is 5.75 Å². The maximum absolute atomic E-state index is 12.8. The molecule has 0 amide bonds. The Morgan fingerprint density at radius 1 is 0.940 bits per heavy atom. The predicted octanol–water partition coefficient (Wildman–Crippen LogP) is 4.92. The fourth-order valence-electron chi connectivity index (χ4n) is 6.14. The van der Waals surface area contributed by atoms with Crippen LogP contribution in [0.15, 0.2) is 90.2 Å². The van der Waals surface area contributed by atoms with Gasteiger partial charge in [-0.05, 0) is 90.2 Å². The second-order valence-electron chi connectivity index (χ2n) is 12.1. The Labute approximate surface area is 312 Å². The van der Waals surface area contributed by atoms with Gasteiger partial charge in [0.1, 0.15) is 35.4 Å². The number of alkyl halides is 1. The zero-order valence-electron chi connectivity index (χ0n) is 27.1. The number of ether oxygens (including phenoxy) is 3. The van der Waals surface area contributed by atoms with E-state index in [1.54, 1.807) is 37.5 Å². The van der Waals surface area contributed by atoms with E-state index in [1.165, 1.54) is 20.4 Å². The number of aliphatic hydroxyl groups excluding tert-OH is 1. The predicted molar refractivity (Wildman–Crippen MR) is 198 cm³/mol. The highest BCUT2D eigenvalue weighted by molar-refractivity contribution is 14.1. The smallest absolute Gasteiger partial charge is 0.350 e. The van der Waals surface area contributed by atoms with E-state index in [0.29, 0.717) is 22.2 Å². The zero-order chi connectivity index (χ0) is 34.8. The number of nitrogens with zero attached hydrogens (tertiary/aromatic N) is 8. The van der Waals surface area contributed by atoms with Crippen LogP contribution in [0, 0.1) is 0 Å². The van der Waals surface area contributed by atoms with Gasteiger partial charge < -0.3 is 29.1 Å². The Kier molecular flexibility index (Phi) is 10.4. The van der Waals surface area contributed by atoms with Gasteiger partial charge in [-0.2, -0.15) is 20.1 Å². The fraction of sp³-hybridized carbons (Fsp3) is 0.353. The maximum atomic E-state index is 12.8. The number of rotatable bonds is 11. The van der Waals surface area contributed by atoms with E-state index in [4.69, 9.17) is 37.4 Å². The summed E-state index contributed by atoms with van der Waals surface area (Å²) in [7, 11) is 0. The van der Waals surface area contributed by atoms with Crippen LogP contribution in [0.1, 0.15) is 18.5 Å². The SMILES string of the molecule is CC(C(O)I)n1ncn(-c2ccc(N3CCN(c4ccc(OCC5COC(Cn6nccn6)(c6ccc(Cl)cc6Cl)O5)cc4)CC3)cc2)c1=O. The Morgan fingerprint density at radius 3 is 2.18 bits per heavy atom. The van der Waals surface area contributed by atoms with E-state index in [2.05, 4.69) is 37.2 Å². The van der Waals surface area contributed by atoms with Gasteiger partial charge in [-0.1, -0.05) is 29.3 Å². The fourth-order valence-corrected chi connectivity index (χ4v) is 7.00. The van der Waals surface area contributed by atoms with Crippen LogP contribution in [0.3, 0.4) is 0 Å². The van der Waals surface area contributed by atoms with Crippen LogP contribution in [0.4, 0.5) is 11.4 Å². The number of piperazine rings is 1. The van der Waals surface area contributed by atoms with E-state index in [9.17, 15) is 9.90 Å². The molecule has 2 aliphatic heterocycles. The molecule has 0 radical (unpaired) electrons. The molecule has 13 nitrogen and oxygen atoms in total. The molecule has 0 aliphatic carbocycles. The molecule has 5 aromatic rings. The number of halogens is 3. The summed E-state index contributed by atoms with van der Waals surface area (Å²) in [6, 6.07) is 20.8. The minimum Gasteiger partial charge on any atom is -0.491 e. The van der Waals surface area contributed by atoms with Crippen molar-refractivity contribution in [1.82, 2.24) is 29.3 Å². The first-order valence-corrected chi connectivity index (χ1v) is 18.1. The van der Waals surface area contributed by atoms with Gasteiger partial charge in [0, 0.05) is 48.1 Å². The first-order valence-electron chi connectivity index (χ1n) is 16.1. The van der Waals surface area contributed by atoms with Crippen molar-refractivity contribution in [3.8, 4) is 11.4 Å². The van der Waals surface area contributed by atoms with Crippen molar-refractivity contribution >= 4 is 57.2 Å². The Balaban J connectivity index is 0.924. The Hall–Kier alpha value is -3.67. The lowest BCUT2D eigenvalue weighted by Gasteiger charge is -2.37. The first-order chi connectivity index (χ1) is 24.2. The summed E-state index contributed by atoms with van der Waals surface area (Å²) in [5, 5.41) is 23.4. The van der Waals surface area contributed by atoms with E-state index in [0.717, 1.165) is 49.0 Å². The van der Waals surface area contributed by atoms with Crippen molar-refractivity contribution in [2.45, 2.75) is 35.5 Å². The summed E-state index contributed by atoms with van der Waals surface area (Å²) in [5.41, 5.74) is 3.31. The van der Waals surface area contributed by atoms with Gasteiger partial charge >= 0.3 is 5.69 Å². The number of benzene rings is 3. The molecule has 4 heterocycles. The summed E-state index contributed by atoms with van der Waals surface area (Å²) in [4.78, 5) is 19.0. The number of hydrogen-bond acceptors (Lipinski definition) is 10. The third kappa shape index (κ3) is 7.36. The number of aromatic nitrogens is 6. The van der Waals surface area contributed by atoms with E-state index < -0.39 is 15.9 Å². The van der Waals surface area contributed by atoms with Gasteiger partial charge in [0.25, 0.3) is 0 Å². The third-order valence-electron chi connectivity index (χ3n) is 8.90. The number of anilines is 2. The third-order valence-corrected chi connectivity index (χ3v) is 10.5. The summed E-state index contributed by atoms with van der Waals surface area (Å²) in [5.74, 6) is -0.457. The second kappa shape index (κ2) is 14.9. The molecule has 16 heteroatoms. The quantitative estimate of drug-likeness (QED) is 0.145. The summed E-state index contributed by atoms with van der Waals surface area (Å²) in [6.07, 6.45) is 4.34. The van der Waals surface area contributed by atoms with Crippen molar-refractivity contribution in [3.05, 3.63) is 112 Å². The van der Waals surface area contributed by atoms with Crippen molar-refractivity contribution in [3.63, 3.8) is 0 Å². The minimum atomic E-state index is -1.19. The van der Waals surface area contributed by atoms with Gasteiger partial charge in [0.2, 0.25) is 5.79 Å². The first kappa shape index (κ1) is 34.8. The molecule has 0 saturated carbocycles. The van der Waals surface area contributed by atoms with Gasteiger partial charge in [-0.25, -0.2) is 14.0 Å². The summed E-state index contributed by atoms with van der Waals surface area (Å²) < 4.78 is 20.9. The molecular formula is C34H35Cl2IN8O5. The molecule has 2 fully saturated rings. The summed E-state index contributed by atoms with van der Waals surface area (Å²) >= 11 is 14.6. The molecule has 2 saturated heterocycles. The molecule has 262 valence electrons. The minimum absolute atomic E-state index is 0.212. The monoisotopic (exact) mass is 832 g/mol. The molecule has 1 N–H and O–H groups in total. The highest BCUT2D eigenvalue weighted by Gasteiger charge is 2.46. The molecular weight excluding hydrogens is 798 g/mol. The van der Waals surface area contributed by atoms with Crippen LogP contribution in [-0.4, -0.2) is 84.1 Å². The van der Waals surface area contributed by atoms with Crippen LogP contribution in [0.25, 0.3) is 5.69 Å². The zero-order valence-corrected chi connectivity index (χ0v) is 30.7. The molecule has 50 heavy (non-hydrogen) atoms. The van der Waals surface area contributed by atoms with Crippen LogP contribution in [0.2, 0.25) is 10.0 Å². The lowest BCUT2D eigenvalue weighted by atomic mass is 10.1. The average Bonchev–Trinajstić information content (AvgIpc) is 3.88. The molecule has 0 bridgehead atoms. The van der Waals surface area contributed by atoms with Crippen LogP contribution >= 0.6 is 45.8 Å². The van der Waals surface area contributed by atoms with Gasteiger partial charge in [0.15, 0.2) is 0 Å². The van der Waals surface area contributed by atoms with E-state index >= 15 is 0 Å². The maximum Gasteiger partial charge on any atom is 0.350 e. The van der Waals surface area contributed by atoms with E-state index in [-0.39, 0.29) is 24.9 Å². The van der Waals surface area contributed by atoms with Crippen molar-refractivity contribution < 1.29 is 19.3 Å². The number of hydrogen-bond donors (Lipinski definition) is 1. The van der Waals surface area contributed by atoms with Crippen molar-refractivity contribution in [2.24, 2.45) is 0 Å². The Morgan fingerprint density at radius 2 is 1.56 bits per heavy atom. The molecule has 0 spiro atoms. The number of aliphatic hydroxyl groups is 1. The Bertz CT molecular complexity index is 1950. The summed E-state index contributed by atoms with van der Waals surface area (Å²) in [6.45, 7) is 5.99. The van der Waals surface area contributed by atoms with Crippen molar-refractivity contribution in [1.29, 1.82) is 0 Å². The molecule has 2 aliphatic rings. The topological polar surface area (TPSA) is 125 Å². The molecule has 4 unspecified atom stereocenters. The van der Waals surface area contributed by atoms with Crippen LogP contribution < -0.4 is 20.2 Å². The standard InChI is InChI=1S/C34H35Cl2IN8O5/c1-23(32(37)46)45-33(47)43(22-40-45)27-5-3-25(4-6-27)41-14-16-42(17-15-41)26-7-9-28(10-8-26)48-19-29-20-49-34(50-29,21-44-38-12-13-39-44)30-11-2-24(35)18-31(30)36/h2-13,18,22-23,29,32,46H,14-17,19-21H2,1H3. The van der Waals surface area contributed by atoms with Gasteiger partial charge in [-0.15, -0.1) is 0 Å². The lowest BCUT2D eigenvalue weighted by Crippen LogP contribution is -2.46. The molecule has 2 aromatic heterocycles. The lowest BCUT2D eigenvalue weighted by molar-refractivity contribution is -0.192. The molecule has 7 rings (SSSR count). The van der Waals surface area contributed by atoms with Gasteiger partial charge in [0.05, 0.1) is 35.8 Å². The average molecular weight is 834 g/mol. The van der Waals surface area contributed by atoms with E-state index in [1.807, 2.05) is 59.0 Å². The van der Waals surface area contributed by atoms with Gasteiger partial charge in [-0.3, -0.25) is 0 Å². The molecule has 3 aromatic carbocycles. The highest BCUT2D eigenvalue weighted by atomic mass is 127. The van der Waals surface area contributed by atoms with Crippen molar-refractivity contribution in [2.75, 3.05) is 49.2 Å². The second-order valence-corrected chi connectivity index (χ2v) is 14.2. The normalized spacial score (nSPS) is 20.6. The van der Waals surface area contributed by atoms with Crippen LogP contribution in [-0.2, 0) is 21.8 Å². The largest absolute Gasteiger partial charge is 0.491 e. The molecule has 4 atom stereocenters. The highest BCUT2D eigenvalue weighted by Crippen LogP contribution is 2.40.